The summed E-state index contributed by atoms with van der Waals surface area (Å²) in [6.45, 7) is 3.45. The van der Waals surface area contributed by atoms with Crippen molar-refractivity contribution >= 4 is 11.6 Å². The second-order valence-corrected chi connectivity index (χ2v) is 5.57. The molecule has 3 heteroatoms. The minimum Gasteiger partial charge on any atom is -0.329 e. The number of nitrogens with two attached hydrogens (primary N) is 1. The predicted molar refractivity (Wildman–Crippen MR) is 85.9 cm³/mol. The first-order valence-corrected chi connectivity index (χ1v) is 7.20. The molecule has 0 saturated carbocycles. The molecule has 0 heterocycles. The molecule has 0 aliphatic carbocycles. The molecule has 0 saturated heterocycles. The first kappa shape index (κ1) is 15.0. The lowest BCUT2D eigenvalue weighted by molar-refractivity contribution is 0.242. The van der Waals surface area contributed by atoms with Crippen LogP contribution in [0.5, 0.6) is 0 Å². The van der Waals surface area contributed by atoms with E-state index in [0.29, 0.717) is 6.54 Å². The van der Waals surface area contributed by atoms with Gasteiger partial charge < -0.3 is 5.73 Å². The number of nitrogens with zero attached hydrogens (tertiary/aromatic N) is 1. The van der Waals surface area contributed by atoms with Crippen LogP contribution < -0.4 is 5.73 Å². The summed E-state index contributed by atoms with van der Waals surface area (Å²) in [7, 11) is 2.10. The molecule has 0 radical (unpaired) electrons. The fourth-order valence-corrected chi connectivity index (χ4v) is 2.56. The van der Waals surface area contributed by atoms with Crippen LogP contribution in [0.25, 0.3) is 0 Å². The molecule has 2 N–H and O–H groups in total. The Morgan fingerprint density at radius 2 is 1.85 bits per heavy atom. The van der Waals surface area contributed by atoms with Gasteiger partial charge in [0.2, 0.25) is 0 Å². The van der Waals surface area contributed by atoms with Crippen molar-refractivity contribution in [1.82, 2.24) is 4.90 Å². The topological polar surface area (TPSA) is 29.3 Å². The van der Waals surface area contributed by atoms with Gasteiger partial charge in [0, 0.05) is 24.2 Å². The molecule has 0 bridgehead atoms. The second kappa shape index (κ2) is 6.89. The van der Waals surface area contributed by atoms with Crippen molar-refractivity contribution in [3.05, 3.63) is 70.2 Å². The van der Waals surface area contributed by atoms with Gasteiger partial charge in [-0.15, -0.1) is 0 Å². The van der Waals surface area contributed by atoms with E-state index in [2.05, 4.69) is 48.3 Å². The molecule has 2 aromatic rings. The van der Waals surface area contributed by atoms with Crippen LogP contribution in [0.2, 0.25) is 5.02 Å². The van der Waals surface area contributed by atoms with Crippen molar-refractivity contribution in [3.63, 3.8) is 0 Å². The molecule has 0 amide bonds. The molecule has 0 aromatic heterocycles. The minimum absolute atomic E-state index is 0.174. The van der Waals surface area contributed by atoms with Crippen molar-refractivity contribution in [3.8, 4) is 0 Å². The number of halogens is 1. The van der Waals surface area contributed by atoms with E-state index >= 15 is 0 Å². The number of benzene rings is 2. The van der Waals surface area contributed by atoms with E-state index in [-0.39, 0.29) is 6.04 Å². The summed E-state index contributed by atoms with van der Waals surface area (Å²) in [6.07, 6.45) is 0. The highest BCUT2D eigenvalue weighted by atomic mass is 35.5. The first-order valence-electron chi connectivity index (χ1n) is 6.82. The summed E-state index contributed by atoms with van der Waals surface area (Å²) < 4.78 is 0. The van der Waals surface area contributed by atoms with Crippen LogP contribution in [0.15, 0.2) is 48.5 Å². The largest absolute Gasteiger partial charge is 0.329 e. The molecule has 0 aliphatic heterocycles. The van der Waals surface area contributed by atoms with Gasteiger partial charge in [-0.25, -0.2) is 0 Å². The van der Waals surface area contributed by atoms with Gasteiger partial charge in [-0.2, -0.15) is 0 Å². The van der Waals surface area contributed by atoms with Gasteiger partial charge in [-0.1, -0.05) is 54.1 Å². The quantitative estimate of drug-likeness (QED) is 0.907. The lowest BCUT2D eigenvalue weighted by atomic mass is 10.0. The third-order valence-electron chi connectivity index (χ3n) is 3.61. The van der Waals surface area contributed by atoms with Crippen molar-refractivity contribution in [2.45, 2.75) is 19.5 Å². The normalized spacial score (nSPS) is 12.7. The summed E-state index contributed by atoms with van der Waals surface area (Å²) in [4.78, 5) is 2.26. The lowest BCUT2D eigenvalue weighted by Gasteiger charge is -2.27. The Labute approximate surface area is 126 Å². The molecule has 0 fully saturated rings. The van der Waals surface area contributed by atoms with Gasteiger partial charge in [-0.3, -0.25) is 4.90 Å². The molecule has 2 aromatic carbocycles. The first-order chi connectivity index (χ1) is 9.61. The Bertz CT molecular complexity index is 554. The van der Waals surface area contributed by atoms with Gasteiger partial charge in [0.15, 0.2) is 0 Å². The van der Waals surface area contributed by atoms with Gasteiger partial charge in [0.25, 0.3) is 0 Å². The van der Waals surface area contributed by atoms with E-state index in [0.717, 1.165) is 17.1 Å². The van der Waals surface area contributed by atoms with Crippen molar-refractivity contribution in [2.75, 3.05) is 13.6 Å². The van der Waals surface area contributed by atoms with Crippen LogP contribution in [0.3, 0.4) is 0 Å². The van der Waals surface area contributed by atoms with Crippen LogP contribution in [-0.4, -0.2) is 18.5 Å². The highest BCUT2D eigenvalue weighted by Gasteiger charge is 2.16. The van der Waals surface area contributed by atoms with E-state index in [1.807, 2.05) is 19.1 Å². The maximum Gasteiger partial charge on any atom is 0.0471 e. The molecule has 1 atom stereocenters. The molecular weight excluding hydrogens is 268 g/mol. The Balaban J connectivity index is 2.16. The summed E-state index contributed by atoms with van der Waals surface area (Å²) >= 11 is 6.22. The molecule has 0 aliphatic rings. The van der Waals surface area contributed by atoms with E-state index < -0.39 is 0 Å². The van der Waals surface area contributed by atoms with E-state index in [4.69, 9.17) is 17.3 Å². The van der Waals surface area contributed by atoms with Crippen LogP contribution in [0, 0.1) is 6.92 Å². The van der Waals surface area contributed by atoms with E-state index in [1.165, 1.54) is 11.1 Å². The average Bonchev–Trinajstić information content (AvgIpc) is 2.44. The van der Waals surface area contributed by atoms with Crippen molar-refractivity contribution in [1.29, 1.82) is 0 Å². The zero-order chi connectivity index (χ0) is 14.5. The second-order valence-electron chi connectivity index (χ2n) is 5.16. The fraction of sp³-hybridized carbons (Fsp3) is 0.294. The SMILES string of the molecule is Cc1ccc(C(CN)N(C)Cc2ccccc2)cc1Cl. The molecule has 0 spiro atoms. The van der Waals surface area contributed by atoms with Crippen LogP contribution in [0.4, 0.5) is 0 Å². The number of likely N-dealkylation sites (N-methyl/N-ethyl adjacent to an activating group) is 1. The van der Waals surface area contributed by atoms with Crippen molar-refractivity contribution < 1.29 is 0 Å². The van der Waals surface area contributed by atoms with Crippen molar-refractivity contribution in [2.24, 2.45) is 5.73 Å². The molecule has 2 nitrogen and oxygen atoms in total. The van der Waals surface area contributed by atoms with Crippen LogP contribution >= 0.6 is 11.6 Å². The lowest BCUT2D eigenvalue weighted by Crippen LogP contribution is -2.30. The highest BCUT2D eigenvalue weighted by molar-refractivity contribution is 6.31. The smallest absolute Gasteiger partial charge is 0.0471 e. The predicted octanol–water partition coefficient (Wildman–Crippen LogP) is 3.78. The number of aryl methyl sites for hydroxylation is 1. The Kier molecular flexibility index (Phi) is 5.18. The zero-order valence-electron chi connectivity index (χ0n) is 12.0. The zero-order valence-corrected chi connectivity index (χ0v) is 12.8. The third-order valence-corrected chi connectivity index (χ3v) is 4.02. The number of hydrogen-bond donors (Lipinski definition) is 1. The van der Waals surface area contributed by atoms with E-state index in [1.54, 1.807) is 0 Å². The number of rotatable bonds is 5. The molecule has 106 valence electrons. The molecular formula is C17H21ClN2. The standard InChI is InChI=1S/C17H21ClN2/c1-13-8-9-15(10-16(13)18)17(11-19)20(2)12-14-6-4-3-5-7-14/h3-10,17H,11-12,19H2,1-2H3. The van der Waals surface area contributed by atoms with Crippen LogP contribution in [-0.2, 0) is 6.54 Å². The maximum absolute atomic E-state index is 6.22. The summed E-state index contributed by atoms with van der Waals surface area (Å²) in [5.41, 5.74) is 9.51. The summed E-state index contributed by atoms with van der Waals surface area (Å²) in [5.74, 6) is 0. The Hall–Kier alpha value is -1.35. The number of hydrogen-bond acceptors (Lipinski definition) is 2. The Morgan fingerprint density at radius 1 is 1.15 bits per heavy atom. The van der Waals surface area contributed by atoms with Gasteiger partial charge in [0.05, 0.1) is 0 Å². The fourth-order valence-electron chi connectivity index (χ4n) is 2.37. The van der Waals surface area contributed by atoms with Gasteiger partial charge in [-0.05, 0) is 36.7 Å². The molecule has 20 heavy (non-hydrogen) atoms. The van der Waals surface area contributed by atoms with Gasteiger partial charge in [0.1, 0.15) is 0 Å². The van der Waals surface area contributed by atoms with Gasteiger partial charge >= 0.3 is 0 Å². The summed E-state index contributed by atoms with van der Waals surface area (Å²) in [5, 5.41) is 0.800. The highest BCUT2D eigenvalue weighted by Crippen LogP contribution is 2.25. The average molecular weight is 289 g/mol. The maximum atomic E-state index is 6.22. The monoisotopic (exact) mass is 288 g/mol. The third kappa shape index (κ3) is 3.60. The minimum atomic E-state index is 0.174. The Morgan fingerprint density at radius 3 is 2.45 bits per heavy atom. The summed E-state index contributed by atoms with van der Waals surface area (Å²) in [6, 6.07) is 16.8. The van der Waals surface area contributed by atoms with E-state index in [9.17, 15) is 0 Å². The molecule has 2 rings (SSSR count). The molecule has 1 unspecified atom stereocenters. The van der Waals surface area contributed by atoms with Crippen LogP contribution in [0.1, 0.15) is 22.7 Å².